The first kappa shape index (κ1) is 16.3. The van der Waals surface area contributed by atoms with Gasteiger partial charge in [-0.15, -0.1) is 10.2 Å². The van der Waals surface area contributed by atoms with Gasteiger partial charge in [-0.2, -0.15) is 0 Å². The van der Waals surface area contributed by atoms with Gasteiger partial charge in [0.15, 0.2) is 5.82 Å². The Labute approximate surface area is 139 Å². The third-order valence-corrected chi connectivity index (χ3v) is 3.78. The predicted molar refractivity (Wildman–Crippen MR) is 86.5 cm³/mol. The van der Waals surface area contributed by atoms with Crippen LogP contribution in [0, 0.1) is 0 Å². The lowest BCUT2D eigenvalue weighted by Crippen LogP contribution is -2.41. The molecule has 2 amide bonds. The molecule has 1 aliphatic heterocycles. The van der Waals surface area contributed by atoms with Crippen molar-refractivity contribution in [1.82, 2.24) is 25.4 Å². The summed E-state index contributed by atoms with van der Waals surface area (Å²) in [7, 11) is 0. The number of amides is 2. The molecule has 24 heavy (non-hydrogen) atoms. The molecule has 0 fully saturated rings. The van der Waals surface area contributed by atoms with Gasteiger partial charge in [-0.05, 0) is 18.6 Å². The molecular formula is C16H21N5O3. The molecule has 1 aliphatic rings. The summed E-state index contributed by atoms with van der Waals surface area (Å²) in [5.41, 5.74) is 0. The fourth-order valence-electron chi connectivity index (χ4n) is 2.54. The molecule has 2 heterocycles. The van der Waals surface area contributed by atoms with Crippen molar-refractivity contribution in [3.8, 4) is 5.75 Å². The Morgan fingerprint density at radius 2 is 2.12 bits per heavy atom. The molecule has 0 saturated heterocycles. The Kier molecular flexibility index (Phi) is 5.27. The highest BCUT2D eigenvalue weighted by molar-refractivity contribution is 5.73. The van der Waals surface area contributed by atoms with E-state index in [1.165, 1.54) is 0 Å². The molecule has 0 bridgehead atoms. The summed E-state index contributed by atoms with van der Waals surface area (Å²) < 4.78 is 7.46. The van der Waals surface area contributed by atoms with E-state index in [4.69, 9.17) is 4.74 Å². The number of ether oxygens (including phenoxy) is 1. The van der Waals surface area contributed by atoms with Crippen LogP contribution in [-0.4, -0.2) is 45.2 Å². The number of nitrogens with one attached hydrogen (secondary N) is 2. The molecule has 2 aromatic rings. The zero-order valence-corrected chi connectivity index (χ0v) is 13.3. The van der Waals surface area contributed by atoms with Crippen LogP contribution in [0.5, 0.6) is 5.75 Å². The van der Waals surface area contributed by atoms with Crippen molar-refractivity contribution in [1.29, 1.82) is 0 Å². The number of fused-ring (bicyclic) bond motifs is 1. The molecule has 8 heteroatoms. The third-order valence-electron chi connectivity index (χ3n) is 3.78. The summed E-state index contributed by atoms with van der Waals surface area (Å²) >= 11 is 0. The van der Waals surface area contributed by atoms with Crippen LogP contribution >= 0.6 is 0 Å². The first-order valence-corrected chi connectivity index (χ1v) is 8.01. The molecule has 1 aromatic heterocycles. The highest BCUT2D eigenvalue weighted by Gasteiger charge is 2.17. The SMILES string of the molecule is O=C(NCc1nnc2n1CCC2)NC[C@H](O)COc1ccccc1. The van der Waals surface area contributed by atoms with Crippen molar-refractivity contribution in [2.24, 2.45) is 0 Å². The topological polar surface area (TPSA) is 101 Å². The van der Waals surface area contributed by atoms with E-state index in [2.05, 4.69) is 20.8 Å². The van der Waals surface area contributed by atoms with Crippen molar-refractivity contribution in [3.63, 3.8) is 0 Å². The molecule has 1 atom stereocenters. The average Bonchev–Trinajstić information content (AvgIpc) is 3.21. The minimum Gasteiger partial charge on any atom is -0.491 e. The molecule has 0 radical (unpaired) electrons. The molecule has 0 saturated carbocycles. The molecule has 3 N–H and O–H groups in total. The second kappa shape index (κ2) is 7.78. The molecule has 3 rings (SSSR count). The van der Waals surface area contributed by atoms with Gasteiger partial charge in [0, 0.05) is 19.5 Å². The minimum atomic E-state index is -0.784. The minimum absolute atomic E-state index is 0.108. The average molecular weight is 331 g/mol. The van der Waals surface area contributed by atoms with Gasteiger partial charge in [-0.3, -0.25) is 0 Å². The quantitative estimate of drug-likeness (QED) is 0.684. The second-order valence-corrected chi connectivity index (χ2v) is 5.63. The summed E-state index contributed by atoms with van der Waals surface area (Å²) in [6, 6.07) is 8.86. The van der Waals surface area contributed by atoms with Crippen LogP contribution in [0.25, 0.3) is 0 Å². The lowest BCUT2D eigenvalue weighted by molar-refractivity contribution is 0.108. The van der Waals surface area contributed by atoms with Gasteiger partial charge in [0.1, 0.15) is 24.3 Å². The number of aliphatic hydroxyl groups excluding tert-OH is 1. The number of hydrogen-bond acceptors (Lipinski definition) is 5. The number of urea groups is 1. The number of benzene rings is 1. The van der Waals surface area contributed by atoms with Gasteiger partial charge >= 0.3 is 6.03 Å². The van der Waals surface area contributed by atoms with Crippen molar-refractivity contribution in [2.75, 3.05) is 13.2 Å². The van der Waals surface area contributed by atoms with Crippen LogP contribution < -0.4 is 15.4 Å². The van der Waals surface area contributed by atoms with Crippen LogP contribution in [-0.2, 0) is 19.5 Å². The van der Waals surface area contributed by atoms with Crippen LogP contribution in [0.1, 0.15) is 18.1 Å². The number of nitrogens with zero attached hydrogens (tertiary/aromatic N) is 3. The maximum atomic E-state index is 11.8. The maximum Gasteiger partial charge on any atom is 0.315 e. The third kappa shape index (κ3) is 4.23. The van der Waals surface area contributed by atoms with Gasteiger partial charge in [0.25, 0.3) is 0 Å². The van der Waals surface area contributed by atoms with E-state index in [1.54, 1.807) is 0 Å². The number of aryl methyl sites for hydroxylation is 1. The summed E-state index contributed by atoms with van der Waals surface area (Å²) in [5.74, 6) is 2.41. The number of aromatic nitrogens is 3. The van der Waals surface area contributed by atoms with E-state index in [1.807, 2.05) is 34.9 Å². The lowest BCUT2D eigenvalue weighted by Gasteiger charge is -2.13. The smallest absolute Gasteiger partial charge is 0.315 e. The van der Waals surface area contributed by atoms with Crippen molar-refractivity contribution >= 4 is 6.03 Å². The van der Waals surface area contributed by atoms with Crippen molar-refractivity contribution in [3.05, 3.63) is 42.0 Å². The second-order valence-electron chi connectivity index (χ2n) is 5.63. The maximum absolute atomic E-state index is 11.8. The zero-order valence-electron chi connectivity index (χ0n) is 13.3. The normalized spacial score (nSPS) is 14.0. The van der Waals surface area contributed by atoms with E-state index in [0.717, 1.165) is 31.0 Å². The molecule has 0 spiro atoms. The molecule has 1 aromatic carbocycles. The van der Waals surface area contributed by atoms with E-state index in [9.17, 15) is 9.90 Å². The molecule has 0 unspecified atom stereocenters. The first-order valence-electron chi connectivity index (χ1n) is 8.01. The summed E-state index contributed by atoms with van der Waals surface area (Å²) in [6.45, 7) is 1.44. The number of carbonyl (C=O) groups is 1. The summed E-state index contributed by atoms with van der Waals surface area (Å²) in [4.78, 5) is 11.8. The molecule has 128 valence electrons. The highest BCUT2D eigenvalue weighted by atomic mass is 16.5. The Hall–Kier alpha value is -2.61. The number of para-hydroxylation sites is 1. The molecule has 0 aliphatic carbocycles. The lowest BCUT2D eigenvalue weighted by atomic mass is 10.3. The van der Waals surface area contributed by atoms with Gasteiger partial charge in [0.2, 0.25) is 0 Å². The van der Waals surface area contributed by atoms with Crippen molar-refractivity contribution in [2.45, 2.75) is 32.0 Å². The van der Waals surface area contributed by atoms with E-state index in [0.29, 0.717) is 12.3 Å². The standard InChI is InChI=1S/C16H21N5O3/c22-12(11-24-13-5-2-1-3-6-13)9-17-16(23)18-10-15-20-19-14-7-4-8-21(14)15/h1-3,5-6,12,22H,4,7-11H2,(H2,17,18,23)/t12-/m0/s1. The molecule has 8 nitrogen and oxygen atoms in total. The Morgan fingerprint density at radius 1 is 1.29 bits per heavy atom. The van der Waals surface area contributed by atoms with Crippen molar-refractivity contribution < 1.29 is 14.6 Å². The largest absolute Gasteiger partial charge is 0.491 e. The zero-order chi connectivity index (χ0) is 16.8. The Bertz CT molecular complexity index is 674. The number of hydrogen-bond donors (Lipinski definition) is 3. The monoisotopic (exact) mass is 331 g/mol. The Balaban J connectivity index is 1.34. The van der Waals surface area contributed by atoms with Crippen LogP contribution in [0.2, 0.25) is 0 Å². The van der Waals surface area contributed by atoms with Gasteiger partial charge in [-0.25, -0.2) is 4.79 Å². The van der Waals surface area contributed by atoms with E-state index in [-0.39, 0.29) is 19.2 Å². The number of aliphatic hydroxyl groups is 1. The van der Waals surface area contributed by atoms with Gasteiger partial charge in [-0.1, -0.05) is 18.2 Å². The molecular weight excluding hydrogens is 310 g/mol. The fraction of sp³-hybridized carbons (Fsp3) is 0.438. The highest BCUT2D eigenvalue weighted by Crippen LogP contribution is 2.13. The summed E-state index contributed by atoms with van der Waals surface area (Å²) in [6.07, 6.45) is 1.22. The predicted octanol–water partition coefficient (Wildman–Crippen LogP) is 0.463. The van der Waals surface area contributed by atoms with Gasteiger partial charge < -0.3 is 25.0 Å². The van der Waals surface area contributed by atoms with Crippen LogP contribution in [0.15, 0.2) is 30.3 Å². The van der Waals surface area contributed by atoms with E-state index < -0.39 is 6.10 Å². The summed E-state index contributed by atoms with van der Waals surface area (Å²) in [5, 5.41) is 23.3. The number of carbonyl (C=O) groups excluding carboxylic acids is 1. The Morgan fingerprint density at radius 3 is 2.96 bits per heavy atom. The van der Waals surface area contributed by atoms with Crippen LogP contribution in [0.4, 0.5) is 4.79 Å². The van der Waals surface area contributed by atoms with Crippen LogP contribution in [0.3, 0.4) is 0 Å². The number of rotatable bonds is 7. The van der Waals surface area contributed by atoms with Gasteiger partial charge in [0.05, 0.1) is 6.54 Å². The van der Waals surface area contributed by atoms with E-state index >= 15 is 0 Å². The fourth-order valence-corrected chi connectivity index (χ4v) is 2.54. The first-order chi connectivity index (χ1) is 11.7.